The molecule has 0 aliphatic heterocycles. The number of carbonyl (C=O) groups is 2. The smallest absolute Gasteiger partial charge is 0.407 e. The topological polar surface area (TPSA) is 122 Å². The maximum absolute atomic E-state index is 12.9. The molecule has 0 spiro atoms. The van der Waals surface area contributed by atoms with Crippen molar-refractivity contribution < 1.29 is 18.8 Å². The van der Waals surface area contributed by atoms with Crippen molar-refractivity contribution in [1.29, 1.82) is 0 Å². The second-order valence-electron chi connectivity index (χ2n) is 8.57. The second kappa shape index (κ2) is 9.15. The summed E-state index contributed by atoms with van der Waals surface area (Å²) in [6.07, 6.45) is 1.15. The van der Waals surface area contributed by atoms with Crippen molar-refractivity contribution >= 4 is 22.9 Å². The van der Waals surface area contributed by atoms with Crippen molar-refractivity contribution in [3.63, 3.8) is 0 Å². The minimum atomic E-state index is -0.619. The Kier molecular flexibility index (Phi) is 6.12. The second-order valence-corrected chi connectivity index (χ2v) is 8.57. The summed E-state index contributed by atoms with van der Waals surface area (Å²) in [5.41, 5.74) is 2.03. The van der Waals surface area contributed by atoms with E-state index in [4.69, 9.17) is 9.26 Å². The fourth-order valence-corrected chi connectivity index (χ4v) is 3.28. The standard InChI is InChI=1S/C24H25N5O4/c1-24(2,3)32-23(31)25-14-20(15-7-5-4-6-8-15)27-22(30)19-12-21(33-29-19)16-9-10-18-17(11-16)13-26-28-18/h4-13,20H,14H2,1-3H3,(H,25,31)(H,26,28)(H,27,30). The van der Waals surface area contributed by atoms with E-state index in [1.807, 2.05) is 48.5 Å². The van der Waals surface area contributed by atoms with Gasteiger partial charge in [0.1, 0.15) is 5.60 Å². The number of hydrogen-bond acceptors (Lipinski definition) is 6. The summed E-state index contributed by atoms with van der Waals surface area (Å²) in [7, 11) is 0. The largest absolute Gasteiger partial charge is 0.444 e. The van der Waals surface area contributed by atoms with Crippen molar-refractivity contribution in [3.05, 3.63) is 72.1 Å². The minimum absolute atomic E-state index is 0.135. The maximum atomic E-state index is 12.9. The van der Waals surface area contributed by atoms with Gasteiger partial charge >= 0.3 is 6.09 Å². The summed E-state index contributed by atoms with van der Waals surface area (Å²) < 4.78 is 10.7. The number of aromatic amines is 1. The van der Waals surface area contributed by atoms with Gasteiger partial charge in [-0.25, -0.2) is 4.79 Å². The highest BCUT2D eigenvalue weighted by molar-refractivity contribution is 5.93. The maximum Gasteiger partial charge on any atom is 0.407 e. The Bertz CT molecular complexity index is 1260. The average molecular weight is 447 g/mol. The number of rotatable bonds is 6. The number of H-pyrrole nitrogens is 1. The zero-order valence-electron chi connectivity index (χ0n) is 18.6. The Balaban J connectivity index is 1.48. The van der Waals surface area contributed by atoms with Gasteiger partial charge in [-0.2, -0.15) is 5.10 Å². The lowest BCUT2D eigenvalue weighted by atomic mass is 10.1. The van der Waals surface area contributed by atoms with E-state index in [-0.39, 0.29) is 12.2 Å². The van der Waals surface area contributed by atoms with E-state index < -0.39 is 23.6 Å². The zero-order valence-corrected chi connectivity index (χ0v) is 18.6. The molecular formula is C24H25N5O4. The third-order valence-electron chi connectivity index (χ3n) is 4.82. The molecule has 0 aliphatic carbocycles. The Hall–Kier alpha value is -4.14. The number of nitrogens with one attached hydrogen (secondary N) is 3. The summed E-state index contributed by atoms with van der Waals surface area (Å²) in [4.78, 5) is 25.0. The number of benzene rings is 2. The predicted molar refractivity (Wildman–Crippen MR) is 122 cm³/mol. The van der Waals surface area contributed by atoms with Crippen LogP contribution >= 0.6 is 0 Å². The first kappa shape index (κ1) is 22.1. The first-order chi connectivity index (χ1) is 15.8. The van der Waals surface area contributed by atoms with Crippen molar-refractivity contribution in [2.75, 3.05) is 6.54 Å². The third-order valence-corrected chi connectivity index (χ3v) is 4.82. The summed E-state index contributed by atoms with van der Waals surface area (Å²) in [5, 5.41) is 17.4. The van der Waals surface area contributed by atoms with Crippen LogP contribution in [0.3, 0.4) is 0 Å². The fourth-order valence-electron chi connectivity index (χ4n) is 3.28. The van der Waals surface area contributed by atoms with Gasteiger partial charge in [0, 0.05) is 23.6 Å². The van der Waals surface area contributed by atoms with Crippen LogP contribution in [-0.4, -0.2) is 39.5 Å². The molecule has 0 bridgehead atoms. The van der Waals surface area contributed by atoms with Gasteiger partial charge in [-0.1, -0.05) is 35.5 Å². The molecule has 0 fully saturated rings. The van der Waals surface area contributed by atoms with Gasteiger partial charge < -0.3 is 19.9 Å². The summed E-state index contributed by atoms with van der Waals surface area (Å²) in [6.45, 7) is 5.51. The molecule has 0 saturated carbocycles. The van der Waals surface area contributed by atoms with Gasteiger partial charge in [-0.3, -0.25) is 9.89 Å². The van der Waals surface area contributed by atoms with Crippen LogP contribution in [0, 0.1) is 0 Å². The van der Waals surface area contributed by atoms with Gasteiger partial charge in [0.15, 0.2) is 11.5 Å². The monoisotopic (exact) mass is 447 g/mol. The van der Waals surface area contributed by atoms with E-state index in [0.717, 1.165) is 22.0 Å². The van der Waals surface area contributed by atoms with E-state index in [1.165, 1.54) is 0 Å². The molecule has 9 heteroatoms. The van der Waals surface area contributed by atoms with Crippen molar-refractivity contribution in [2.45, 2.75) is 32.4 Å². The lowest BCUT2D eigenvalue weighted by Crippen LogP contribution is -2.40. The minimum Gasteiger partial charge on any atom is -0.444 e. The molecule has 2 aromatic heterocycles. The summed E-state index contributed by atoms with van der Waals surface area (Å²) >= 11 is 0. The number of alkyl carbamates (subject to hydrolysis) is 1. The van der Waals surface area contributed by atoms with Gasteiger partial charge in [0.25, 0.3) is 5.91 Å². The van der Waals surface area contributed by atoms with Gasteiger partial charge in [0.05, 0.1) is 17.8 Å². The zero-order chi connectivity index (χ0) is 23.4. The number of carbonyl (C=O) groups excluding carboxylic acids is 2. The molecule has 0 radical (unpaired) electrons. The SMILES string of the molecule is CC(C)(C)OC(=O)NCC(NC(=O)c1cc(-c2ccc3[nH]ncc3c2)on1)c1ccccc1. The molecule has 3 N–H and O–H groups in total. The van der Waals surface area contributed by atoms with Crippen LogP contribution in [0.4, 0.5) is 4.79 Å². The molecule has 1 unspecified atom stereocenters. The number of nitrogens with zero attached hydrogens (tertiary/aromatic N) is 2. The molecule has 0 saturated heterocycles. The molecule has 2 heterocycles. The van der Waals surface area contributed by atoms with Crippen LogP contribution in [0.15, 0.2) is 65.3 Å². The van der Waals surface area contributed by atoms with Gasteiger partial charge in [0.2, 0.25) is 0 Å². The Morgan fingerprint density at radius 2 is 1.91 bits per heavy atom. The highest BCUT2D eigenvalue weighted by Crippen LogP contribution is 2.24. The number of fused-ring (bicyclic) bond motifs is 1. The molecular weight excluding hydrogens is 422 g/mol. The summed E-state index contributed by atoms with van der Waals surface area (Å²) in [5.74, 6) is 0.0422. The third kappa shape index (κ3) is 5.57. The van der Waals surface area contributed by atoms with Crippen LogP contribution in [0.1, 0.15) is 42.9 Å². The van der Waals surface area contributed by atoms with E-state index in [2.05, 4.69) is 26.0 Å². The highest BCUT2D eigenvalue weighted by atomic mass is 16.6. The van der Waals surface area contributed by atoms with Crippen LogP contribution in [0.5, 0.6) is 0 Å². The van der Waals surface area contributed by atoms with Crippen molar-refractivity contribution in [2.24, 2.45) is 0 Å². The van der Waals surface area contributed by atoms with Gasteiger partial charge in [-0.05, 0) is 44.5 Å². The van der Waals surface area contributed by atoms with E-state index in [9.17, 15) is 9.59 Å². The molecule has 4 aromatic rings. The highest BCUT2D eigenvalue weighted by Gasteiger charge is 2.22. The lowest BCUT2D eigenvalue weighted by molar-refractivity contribution is 0.0519. The average Bonchev–Trinajstić information content (AvgIpc) is 3.45. The molecule has 0 aliphatic rings. The van der Waals surface area contributed by atoms with Crippen LogP contribution in [0.25, 0.3) is 22.2 Å². The molecule has 4 rings (SSSR count). The Morgan fingerprint density at radius 1 is 1.12 bits per heavy atom. The number of amides is 2. The van der Waals surface area contributed by atoms with Crippen LogP contribution < -0.4 is 10.6 Å². The number of ether oxygens (including phenoxy) is 1. The van der Waals surface area contributed by atoms with Crippen LogP contribution in [0.2, 0.25) is 0 Å². The first-order valence-electron chi connectivity index (χ1n) is 10.5. The number of aromatic nitrogens is 3. The van der Waals surface area contributed by atoms with Crippen LogP contribution in [-0.2, 0) is 4.74 Å². The predicted octanol–water partition coefficient (Wildman–Crippen LogP) is 4.21. The Labute approximate surface area is 190 Å². The molecule has 33 heavy (non-hydrogen) atoms. The Morgan fingerprint density at radius 3 is 2.67 bits per heavy atom. The van der Waals surface area contributed by atoms with Crippen molar-refractivity contribution in [1.82, 2.24) is 26.0 Å². The van der Waals surface area contributed by atoms with Crippen molar-refractivity contribution in [3.8, 4) is 11.3 Å². The van der Waals surface area contributed by atoms with Gasteiger partial charge in [-0.15, -0.1) is 0 Å². The molecule has 170 valence electrons. The fraction of sp³-hybridized carbons (Fsp3) is 0.250. The molecule has 2 amide bonds. The molecule has 2 aromatic carbocycles. The van der Waals surface area contributed by atoms with E-state index in [1.54, 1.807) is 33.0 Å². The number of hydrogen-bond donors (Lipinski definition) is 3. The van der Waals surface area contributed by atoms with E-state index in [0.29, 0.717) is 5.76 Å². The van der Waals surface area contributed by atoms with E-state index >= 15 is 0 Å². The lowest BCUT2D eigenvalue weighted by Gasteiger charge is -2.22. The molecule has 9 nitrogen and oxygen atoms in total. The quantitative estimate of drug-likeness (QED) is 0.407. The normalized spacial score (nSPS) is 12.3. The molecule has 1 atom stereocenters. The first-order valence-corrected chi connectivity index (χ1v) is 10.5. The summed E-state index contributed by atoms with van der Waals surface area (Å²) in [6, 6.07) is 16.1.